The molecule has 4 nitrogen and oxygen atoms in total. The molecule has 0 saturated heterocycles. The van der Waals surface area contributed by atoms with Gasteiger partial charge in [0.25, 0.3) is 5.91 Å². The second kappa shape index (κ2) is 8.80. The van der Waals surface area contributed by atoms with Crippen LogP contribution in [-0.4, -0.2) is 29.4 Å². The summed E-state index contributed by atoms with van der Waals surface area (Å²) in [6.45, 7) is 2.79. The van der Waals surface area contributed by atoms with Crippen LogP contribution in [0.2, 0.25) is 0 Å². The first-order valence-electron chi connectivity index (χ1n) is 6.71. The zero-order valence-electron chi connectivity index (χ0n) is 11.7. The number of hydrogen-bond donors (Lipinski definition) is 2. The fourth-order valence-corrected chi connectivity index (χ4v) is 2.29. The average Bonchev–Trinajstić information content (AvgIpc) is 2.38. The number of aromatic nitrogens is 1. The summed E-state index contributed by atoms with van der Waals surface area (Å²) in [5.41, 5.74) is 7.22. The Labute approximate surface area is 119 Å². The van der Waals surface area contributed by atoms with Crippen molar-refractivity contribution in [2.45, 2.75) is 32.6 Å². The highest BCUT2D eigenvalue weighted by Gasteiger charge is 2.08. The van der Waals surface area contributed by atoms with Crippen molar-refractivity contribution >= 4 is 23.5 Å². The van der Waals surface area contributed by atoms with Crippen LogP contribution in [0.5, 0.6) is 0 Å². The molecule has 0 aliphatic rings. The average molecular weight is 281 g/mol. The molecular weight excluding hydrogens is 258 g/mol. The maximum atomic E-state index is 12.0. The zero-order chi connectivity index (χ0) is 14.1. The van der Waals surface area contributed by atoms with Crippen molar-refractivity contribution in [2.75, 3.05) is 24.3 Å². The lowest BCUT2D eigenvalue weighted by Crippen LogP contribution is -2.25. The van der Waals surface area contributed by atoms with Gasteiger partial charge in [0, 0.05) is 17.8 Å². The van der Waals surface area contributed by atoms with Gasteiger partial charge in [-0.3, -0.25) is 4.79 Å². The standard InChI is InChI=1S/C14H23N3OS/c1-3-6-12-9-11(10-13(15)17-12)14(18)16-7-4-5-8-19-2/h9-10H,3-8H2,1-2H3,(H2,15,17)(H,16,18). The van der Waals surface area contributed by atoms with E-state index in [1.54, 1.807) is 6.07 Å². The fraction of sp³-hybridized carbons (Fsp3) is 0.571. The third-order valence-corrected chi connectivity index (χ3v) is 3.42. The second-order valence-electron chi connectivity index (χ2n) is 4.48. The van der Waals surface area contributed by atoms with Crippen LogP contribution < -0.4 is 11.1 Å². The number of carbonyl (C=O) groups is 1. The first-order chi connectivity index (χ1) is 9.17. The predicted octanol–water partition coefficient (Wildman–Crippen LogP) is 2.49. The number of nitrogens with two attached hydrogens (primary N) is 1. The summed E-state index contributed by atoms with van der Waals surface area (Å²) in [7, 11) is 0. The quantitative estimate of drug-likeness (QED) is 0.718. The lowest BCUT2D eigenvalue weighted by atomic mass is 10.1. The summed E-state index contributed by atoms with van der Waals surface area (Å²) < 4.78 is 0. The number of nitrogen functional groups attached to an aromatic ring is 1. The number of pyridine rings is 1. The van der Waals surface area contributed by atoms with Crippen LogP contribution in [0.1, 0.15) is 42.2 Å². The van der Waals surface area contributed by atoms with Gasteiger partial charge >= 0.3 is 0 Å². The molecule has 1 aromatic heterocycles. The van der Waals surface area contributed by atoms with Crippen LogP contribution in [0, 0.1) is 0 Å². The SMILES string of the molecule is CCCc1cc(C(=O)NCCCCSC)cc(N)n1. The van der Waals surface area contributed by atoms with Gasteiger partial charge in [-0.1, -0.05) is 13.3 Å². The van der Waals surface area contributed by atoms with E-state index >= 15 is 0 Å². The molecule has 0 bridgehead atoms. The van der Waals surface area contributed by atoms with E-state index in [0.29, 0.717) is 17.9 Å². The summed E-state index contributed by atoms with van der Waals surface area (Å²) in [6, 6.07) is 3.47. The van der Waals surface area contributed by atoms with E-state index in [9.17, 15) is 4.79 Å². The summed E-state index contributed by atoms with van der Waals surface area (Å²) >= 11 is 1.83. The van der Waals surface area contributed by atoms with E-state index in [0.717, 1.165) is 37.1 Å². The maximum absolute atomic E-state index is 12.0. The van der Waals surface area contributed by atoms with E-state index in [-0.39, 0.29) is 5.91 Å². The van der Waals surface area contributed by atoms with Crippen LogP contribution in [0.3, 0.4) is 0 Å². The molecule has 0 aliphatic heterocycles. The van der Waals surface area contributed by atoms with Crippen molar-refractivity contribution in [1.29, 1.82) is 0 Å². The van der Waals surface area contributed by atoms with E-state index in [1.165, 1.54) is 0 Å². The van der Waals surface area contributed by atoms with Crippen LogP contribution in [0.25, 0.3) is 0 Å². The number of amides is 1. The molecule has 0 fully saturated rings. The molecule has 0 unspecified atom stereocenters. The monoisotopic (exact) mass is 281 g/mol. The molecule has 19 heavy (non-hydrogen) atoms. The predicted molar refractivity (Wildman–Crippen MR) is 82.6 cm³/mol. The van der Waals surface area contributed by atoms with Gasteiger partial charge in [-0.15, -0.1) is 0 Å². The molecular formula is C14H23N3OS. The first-order valence-corrected chi connectivity index (χ1v) is 8.10. The van der Waals surface area contributed by atoms with Crippen molar-refractivity contribution in [2.24, 2.45) is 0 Å². The molecule has 106 valence electrons. The number of aryl methyl sites for hydroxylation is 1. The van der Waals surface area contributed by atoms with Gasteiger partial charge < -0.3 is 11.1 Å². The Balaban J connectivity index is 2.51. The minimum Gasteiger partial charge on any atom is -0.384 e. The highest BCUT2D eigenvalue weighted by molar-refractivity contribution is 7.98. The smallest absolute Gasteiger partial charge is 0.251 e. The fourth-order valence-electron chi connectivity index (χ4n) is 1.80. The largest absolute Gasteiger partial charge is 0.384 e. The molecule has 5 heteroatoms. The molecule has 0 aliphatic carbocycles. The van der Waals surface area contributed by atoms with Gasteiger partial charge in [-0.05, 0) is 43.4 Å². The molecule has 0 atom stereocenters. The lowest BCUT2D eigenvalue weighted by molar-refractivity contribution is 0.0953. The molecule has 0 radical (unpaired) electrons. The number of rotatable bonds is 8. The van der Waals surface area contributed by atoms with Crippen molar-refractivity contribution in [3.8, 4) is 0 Å². The summed E-state index contributed by atoms with van der Waals surface area (Å²) in [5.74, 6) is 1.49. The number of nitrogens with one attached hydrogen (secondary N) is 1. The molecule has 1 aromatic rings. The number of unbranched alkanes of at least 4 members (excludes halogenated alkanes) is 1. The van der Waals surface area contributed by atoms with Crippen LogP contribution >= 0.6 is 11.8 Å². The number of thioether (sulfide) groups is 1. The van der Waals surface area contributed by atoms with Gasteiger partial charge in [0.2, 0.25) is 0 Å². The van der Waals surface area contributed by atoms with Crippen LogP contribution in [-0.2, 0) is 6.42 Å². The maximum Gasteiger partial charge on any atom is 0.251 e. The normalized spacial score (nSPS) is 10.4. The van der Waals surface area contributed by atoms with Crippen molar-refractivity contribution < 1.29 is 4.79 Å². The van der Waals surface area contributed by atoms with Gasteiger partial charge in [0.05, 0.1) is 0 Å². The minimum absolute atomic E-state index is 0.0596. The molecule has 3 N–H and O–H groups in total. The Bertz CT molecular complexity index is 410. The topological polar surface area (TPSA) is 68.0 Å². The van der Waals surface area contributed by atoms with E-state index in [1.807, 2.05) is 17.8 Å². The van der Waals surface area contributed by atoms with Gasteiger partial charge in [-0.25, -0.2) is 4.98 Å². The number of nitrogens with zero attached hydrogens (tertiary/aromatic N) is 1. The highest BCUT2D eigenvalue weighted by Crippen LogP contribution is 2.09. The molecule has 0 aromatic carbocycles. The van der Waals surface area contributed by atoms with E-state index in [2.05, 4.69) is 23.5 Å². The summed E-state index contributed by atoms with van der Waals surface area (Å²) in [6.07, 6.45) is 6.06. The molecule has 1 amide bonds. The first kappa shape index (κ1) is 15.8. The van der Waals surface area contributed by atoms with Crippen LogP contribution in [0.15, 0.2) is 12.1 Å². The Morgan fingerprint density at radius 1 is 1.42 bits per heavy atom. The second-order valence-corrected chi connectivity index (χ2v) is 5.46. The van der Waals surface area contributed by atoms with Crippen molar-refractivity contribution in [3.05, 3.63) is 23.4 Å². The molecule has 1 heterocycles. The summed E-state index contributed by atoms with van der Waals surface area (Å²) in [4.78, 5) is 16.2. The number of anilines is 1. The van der Waals surface area contributed by atoms with Crippen molar-refractivity contribution in [1.82, 2.24) is 10.3 Å². The Kier molecular flexibility index (Phi) is 7.33. The number of carbonyl (C=O) groups excluding carboxylic acids is 1. The molecule has 0 spiro atoms. The third kappa shape index (κ3) is 5.96. The zero-order valence-corrected chi connectivity index (χ0v) is 12.6. The van der Waals surface area contributed by atoms with E-state index < -0.39 is 0 Å². The molecule has 0 saturated carbocycles. The van der Waals surface area contributed by atoms with Crippen molar-refractivity contribution in [3.63, 3.8) is 0 Å². The minimum atomic E-state index is -0.0596. The lowest BCUT2D eigenvalue weighted by Gasteiger charge is -2.07. The molecule has 1 rings (SSSR count). The van der Waals surface area contributed by atoms with E-state index in [4.69, 9.17) is 5.73 Å². The number of hydrogen-bond acceptors (Lipinski definition) is 4. The Morgan fingerprint density at radius 3 is 2.89 bits per heavy atom. The van der Waals surface area contributed by atoms with Crippen LogP contribution in [0.4, 0.5) is 5.82 Å². The highest BCUT2D eigenvalue weighted by atomic mass is 32.2. The van der Waals surface area contributed by atoms with Gasteiger partial charge in [-0.2, -0.15) is 11.8 Å². The Morgan fingerprint density at radius 2 is 2.21 bits per heavy atom. The van der Waals surface area contributed by atoms with Gasteiger partial charge in [0.15, 0.2) is 0 Å². The Hall–Kier alpha value is -1.23. The third-order valence-electron chi connectivity index (χ3n) is 2.73. The summed E-state index contributed by atoms with van der Waals surface area (Å²) in [5, 5.41) is 2.92. The van der Waals surface area contributed by atoms with Gasteiger partial charge in [0.1, 0.15) is 5.82 Å².